The number of ether oxygens (including phenoxy) is 1. The van der Waals surface area contributed by atoms with E-state index in [9.17, 15) is 4.79 Å². The van der Waals surface area contributed by atoms with Crippen molar-refractivity contribution in [3.05, 3.63) is 0 Å². The van der Waals surface area contributed by atoms with Crippen molar-refractivity contribution >= 4 is 5.97 Å². The molecule has 0 bridgehead atoms. The van der Waals surface area contributed by atoms with E-state index in [1.165, 1.54) is 7.11 Å². The molecule has 2 atom stereocenters. The second kappa shape index (κ2) is 6.93. The van der Waals surface area contributed by atoms with Crippen LogP contribution in [-0.2, 0) is 9.53 Å². The molecule has 0 spiro atoms. The van der Waals surface area contributed by atoms with Crippen molar-refractivity contribution in [2.45, 2.75) is 60.3 Å². The van der Waals surface area contributed by atoms with Gasteiger partial charge in [-0.3, -0.25) is 4.79 Å². The van der Waals surface area contributed by atoms with Gasteiger partial charge in [0.2, 0.25) is 0 Å². The fourth-order valence-electron chi connectivity index (χ4n) is 2.35. The van der Waals surface area contributed by atoms with E-state index in [0.717, 1.165) is 25.7 Å². The third-order valence-corrected chi connectivity index (χ3v) is 4.22. The second-order valence-electron chi connectivity index (χ2n) is 5.10. The van der Waals surface area contributed by atoms with Crippen LogP contribution in [0.25, 0.3) is 0 Å². The minimum absolute atomic E-state index is 0.0475. The van der Waals surface area contributed by atoms with Crippen molar-refractivity contribution in [3.63, 3.8) is 0 Å². The molecule has 16 heavy (non-hydrogen) atoms. The Hall–Kier alpha value is -0.530. The molecule has 0 fully saturated rings. The van der Waals surface area contributed by atoms with E-state index >= 15 is 0 Å². The van der Waals surface area contributed by atoms with Gasteiger partial charge in [0, 0.05) is 0 Å². The summed E-state index contributed by atoms with van der Waals surface area (Å²) in [5.74, 6) is 0.951. The maximum Gasteiger partial charge on any atom is 0.311 e. The molecule has 0 saturated heterocycles. The highest BCUT2D eigenvalue weighted by molar-refractivity contribution is 5.76. The van der Waals surface area contributed by atoms with Crippen LogP contribution in [0.1, 0.15) is 60.3 Å². The van der Waals surface area contributed by atoms with Crippen molar-refractivity contribution in [3.8, 4) is 0 Å². The molecule has 2 heteroatoms. The summed E-state index contributed by atoms with van der Waals surface area (Å²) in [5.41, 5.74) is -0.319. The van der Waals surface area contributed by atoms with Gasteiger partial charge in [-0.25, -0.2) is 0 Å². The monoisotopic (exact) mass is 228 g/mol. The number of esters is 1. The lowest BCUT2D eigenvalue weighted by Gasteiger charge is -2.35. The smallest absolute Gasteiger partial charge is 0.311 e. The Balaban J connectivity index is 4.85. The van der Waals surface area contributed by atoms with Crippen LogP contribution in [0.3, 0.4) is 0 Å². The van der Waals surface area contributed by atoms with E-state index in [-0.39, 0.29) is 11.4 Å². The third-order valence-electron chi connectivity index (χ3n) is 4.22. The SMILES string of the molecule is CCC(CC)CC(C)(C(=O)OC)C(C)CC. The standard InChI is InChI=1S/C14H28O2/c1-7-11(4)14(5,13(15)16-6)10-12(8-2)9-3/h11-12H,7-10H2,1-6H3. The van der Waals surface area contributed by atoms with Crippen molar-refractivity contribution in [1.29, 1.82) is 0 Å². The first-order chi connectivity index (χ1) is 7.46. The van der Waals surface area contributed by atoms with Gasteiger partial charge in [0.25, 0.3) is 0 Å². The Morgan fingerprint density at radius 3 is 2.00 bits per heavy atom. The highest BCUT2D eigenvalue weighted by Crippen LogP contribution is 2.39. The molecular formula is C14H28O2. The first-order valence-corrected chi connectivity index (χ1v) is 6.54. The Morgan fingerprint density at radius 2 is 1.69 bits per heavy atom. The summed E-state index contributed by atoms with van der Waals surface area (Å²) in [5, 5.41) is 0. The van der Waals surface area contributed by atoms with Gasteiger partial charge in [0.1, 0.15) is 0 Å². The summed E-state index contributed by atoms with van der Waals surface area (Å²) in [4.78, 5) is 12.0. The zero-order valence-corrected chi connectivity index (χ0v) is 11.8. The summed E-state index contributed by atoms with van der Waals surface area (Å²) in [6.45, 7) is 10.7. The Bertz CT molecular complexity index is 209. The summed E-state index contributed by atoms with van der Waals surface area (Å²) in [6, 6.07) is 0. The van der Waals surface area contributed by atoms with Crippen LogP contribution in [0.5, 0.6) is 0 Å². The lowest BCUT2D eigenvalue weighted by atomic mass is 9.70. The zero-order chi connectivity index (χ0) is 12.8. The second-order valence-corrected chi connectivity index (χ2v) is 5.10. The van der Waals surface area contributed by atoms with Gasteiger partial charge in [0.15, 0.2) is 0 Å². The van der Waals surface area contributed by atoms with Crippen LogP contribution in [-0.4, -0.2) is 13.1 Å². The Labute approximate surface area is 101 Å². The highest BCUT2D eigenvalue weighted by atomic mass is 16.5. The predicted molar refractivity (Wildman–Crippen MR) is 68.3 cm³/mol. The van der Waals surface area contributed by atoms with E-state index < -0.39 is 0 Å². The van der Waals surface area contributed by atoms with Gasteiger partial charge in [-0.15, -0.1) is 0 Å². The van der Waals surface area contributed by atoms with E-state index in [2.05, 4.69) is 34.6 Å². The number of methoxy groups -OCH3 is 1. The molecule has 0 aromatic heterocycles. The largest absolute Gasteiger partial charge is 0.469 e. The molecule has 96 valence electrons. The number of hydrogen-bond donors (Lipinski definition) is 0. The van der Waals surface area contributed by atoms with Gasteiger partial charge in [-0.2, -0.15) is 0 Å². The molecule has 2 unspecified atom stereocenters. The molecule has 0 N–H and O–H groups in total. The number of hydrogen-bond acceptors (Lipinski definition) is 2. The van der Waals surface area contributed by atoms with Gasteiger partial charge in [-0.1, -0.05) is 47.0 Å². The zero-order valence-electron chi connectivity index (χ0n) is 11.8. The molecule has 0 radical (unpaired) electrons. The van der Waals surface area contributed by atoms with Crippen molar-refractivity contribution < 1.29 is 9.53 Å². The van der Waals surface area contributed by atoms with E-state index in [1.807, 2.05) is 0 Å². The molecule has 0 rings (SSSR count). The minimum atomic E-state index is -0.319. The molecule has 0 aliphatic heterocycles. The van der Waals surface area contributed by atoms with E-state index in [1.54, 1.807) is 0 Å². The number of rotatable bonds is 7. The summed E-state index contributed by atoms with van der Waals surface area (Å²) < 4.78 is 4.99. The van der Waals surface area contributed by atoms with Gasteiger partial charge in [0.05, 0.1) is 12.5 Å². The fourth-order valence-corrected chi connectivity index (χ4v) is 2.35. The van der Waals surface area contributed by atoms with Crippen molar-refractivity contribution in [2.24, 2.45) is 17.3 Å². The maximum atomic E-state index is 12.0. The average molecular weight is 228 g/mol. The molecule has 0 aliphatic carbocycles. The third kappa shape index (κ3) is 3.50. The summed E-state index contributed by atoms with van der Waals surface area (Å²) in [7, 11) is 1.50. The summed E-state index contributed by atoms with van der Waals surface area (Å²) >= 11 is 0. The molecule has 0 amide bonds. The first kappa shape index (κ1) is 15.5. The summed E-state index contributed by atoms with van der Waals surface area (Å²) in [6.07, 6.45) is 4.24. The molecule has 0 heterocycles. The van der Waals surface area contributed by atoms with Crippen molar-refractivity contribution in [2.75, 3.05) is 7.11 Å². The predicted octanol–water partition coefficient (Wildman–Crippen LogP) is 4.04. The lowest BCUT2D eigenvalue weighted by molar-refractivity contribution is -0.156. The quantitative estimate of drug-likeness (QED) is 0.615. The molecule has 0 aromatic rings. The average Bonchev–Trinajstić information content (AvgIpc) is 2.33. The van der Waals surface area contributed by atoms with Crippen LogP contribution < -0.4 is 0 Å². The normalized spacial score (nSPS) is 16.9. The number of carbonyl (C=O) groups is 1. The Morgan fingerprint density at radius 1 is 1.19 bits per heavy atom. The van der Waals surface area contributed by atoms with Gasteiger partial charge >= 0.3 is 5.97 Å². The van der Waals surface area contributed by atoms with Crippen LogP contribution in [0, 0.1) is 17.3 Å². The topological polar surface area (TPSA) is 26.3 Å². The first-order valence-electron chi connectivity index (χ1n) is 6.54. The van der Waals surface area contributed by atoms with Crippen LogP contribution in [0.15, 0.2) is 0 Å². The van der Waals surface area contributed by atoms with E-state index in [0.29, 0.717) is 11.8 Å². The molecule has 0 aliphatic rings. The minimum Gasteiger partial charge on any atom is -0.469 e. The van der Waals surface area contributed by atoms with Crippen LogP contribution >= 0.6 is 0 Å². The van der Waals surface area contributed by atoms with Crippen molar-refractivity contribution in [1.82, 2.24) is 0 Å². The molecule has 0 aromatic carbocycles. The van der Waals surface area contributed by atoms with E-state index in [4.69, 9.17) is 4.74 Å². The van der Waals surface area contributed by atoms with Crippen LogP contribution in [0.2, 0.25) is 0 Å². The van der Waals surface area contributed by atoms with Gasteiger partial charge < -0.3 is 4.74 Å². The molecule has 2 nitrogen and oxygen atoms in total. The molecular weight excluding hydrogens is 200 g/mol. The molecule has 0 saturated carbocycles. The highest BCUT2D eigenvalue weighted by Gasteiger charge is 2.40. The Kier molecular flexibility index (Phi) is 6.70. The number of carbonyl (C=O) groups excluding carboxylic acids is 1. The fraction of sp³-hybridized carbons (Fsp3) is 0.929. The lowest BCUT2D eigenvalue weighted by Crippen LogP contribution is -2.37. The van der Waals surface area contributed by atoms with Gasteiger partial charge in [-0.05, 0) is 25.2 Å². The van der Waals surface area contributed by atoms with Crippen LogP contribution in [0.4, 0.5) is 0 Å². The maximum absolute atomic E-state index is 12.0.